The molecule has 0 bridgehead atoms. The van der Waals surface area contributed by atoms with Gasteiger partial charge in [0.2, 0.25) is 0 Å². The molecule has 4 N–H and O–H groups in total. The standard InChI is InChI=1S/C12H17F2NO4/c1-2-18-10-5-7(11(17)8(15)6-16)3-4-9(10)19-12(13)14/h3-5,8,11-12,16-17H,2,6,15H2,1H3. The normalized spacial score (nSPS) is 14.3. The molecule has 2 atom stereocenters. The maximum Gasteiger partial charge on any atom is 0.387 e. The molecular formula is C12H17F2NO4. The van der Waals surface area contributed by atoms with Gasteiger partial charge in [0.1, 0.15) is 0 Å². The predicted octanol–water partition coefficient (Wildman–Crippen LogP) is 1.04. The van der Waals surface area contributed by atoms with Gasteiger partial charge in [-0.05, 0) is 24.6 Å². The third-order valence-electron chi connectivity index (χ3n) is 2.44. The van der Waals surface area contributed by atoms with Crippen LogP contribution in [-0.2, 0) is 0 Å². The predicted molar refractivity (Wildman–Crippen MR) is 64.3 cm³/mol. The minimum absolute atomic E-state index is 0.0875. The Hall–Kier alpha value is -1.44. The zero-order valence-electron chi connectivity index (χ0n) is 10.4. The van der Waals surface area contributed by atoms with Crippen molar-refractivity contribution in [2.75, 3.05) is 13.2 Å². The van der Waals surface area contributed by atoms with Crippen molar-refractivity contribution in [1.29, 1.82) is 0 Å². The van der Waals surface area contributed by atoms with E-state index in [0.29, 0.717) is 5.56 Å². The highest BCUT2D eigenvalue weighted by molar-refractivity contribution is 5.44. The first-order chi connectivity index (χ1) is 8.99. The molecule has 0 aliphatic rings. The number of aliphatic hydroxyl groups excluding tert-OH is 2. The summed E-state index contributed by atoms with van der Waals surface area (Å²) in [7, 11) is 0. The highest BCUT2D eigenvalue weighted by atomic mass is 19.3. The Kier molecular flexibility index (Phi) is 5.94. The average Bonchev–Trinajstić information content (AvgIpc) is 2.38. The van der Waals surface area contributed by atoms with Gasteiger partial charge < -0.3 is 25.4 Å². The molecular weight excluding hydrogens is 260 g/mol. The fraction of sp³-hybridized carbons (Fsp3) is 0.500. The molecule has 0 aliphatic carbocycles. The highest BCUT2D eigenvalue weighted by Gasteiger charge is 2.19. The summed E-state index contributed by atoms with van der Waals surface area (Å²) < 4.78 is 33.9. The topological polar surface area (TPSA) is 84.9 Å². The smallest absolute Gasteiger partial charge is 0.387 e. The average molecular weight is 277 g/mol. The first-order valence-corrected chi connectivity index (χ1v) is 5.75. The van der Waals surface area contributed by atoms with E-state index in [1.54, 1.807) is 6.92 Å². The molecule has 0 aromatic heterocycles. The summed E-state index contributed by atoms with van der Waals surface area (Å²) in [5, 5.41) is 18.7. The lowest BCUT2D eigenvalue weighted by molar-refractivity contribution is -0.0514. The van der Waals surface area contributed by atoms with E-state index in [4.69, 9.17) is 15.6 Å². The van der Waals surface area contributed by atoms with Crippen LogP contribution in [0.1, 0.15) is 18.6 Å². The van der Waals surface area contributed by atoms with Crippen LogP contribution in [0.25, 0.3) is 0 Å². The van der Waals surface area contributed by atoms with E-state index in [9.17, 15) is 13.9 Å². The van der Waals surface area contributed by atoms with Gasteiger partial charge in [0.15, 0.2) is 11.5 Å². The summed E-state index contributed by atoms with van der Waals surface area (Å²) in [6, 6.07) is 3.15. The minimum atomic E-state index is -2.96. The second-order valence-electron chi connectivity index (χ2n) is 3.81. The fourth-order valence-corrected chi connectivity index (χ4v) is 1.52. The van der Waals surface area contributed by atoms with Crippen molar-refractivity contribution in [3.8, 4) is 11.5 Å². The zero-order valence-corrected chi connectivity index (χ0v) is 10.4. The van der Waals surface area contributed by atoms with Crippen LogP contribution in [0.4, 0.5) is 8.78 Å². The molecule has 19 heavy (non-hydrogen) atoms. The number of rotatable bonds is 7. The van der Waals surface area contributed by atoms with E-state index in [-0.39, 0.29) is 18.1 Å². The van der Waals surface area contributed by atoms with Crippen molar-refractivity contribution in [2.24, 2.45) is 5.73 Å². The van der Waals surface area contributed by atoms with Crippen LogP contribution in [0.5, 0.6) is 11.5 Å². The van der Waals surface area contributed by atoms with Crippen LogP contribution < -0.4 is 15.2 Å². The molecule has 0 heterocycles. The van der Waals surface area contributed by atoms with Gasteiger partial charge in [-0.25, -0.2) is 0 Å². The van der Waals surface area contributed by atoms with E-state index in [2.05, 4.69) is 4.74 Å². The lowest BCUT2D eigenvalue weighted by atomic mass is 10.0. The lowest BCUT2D eigenvalue weighted by Gasteiger charge is -2.19. The summed E-state index contributed by atoms with van der Waals surface area (Å²) in [5.74, 6) is -0.0325. The number of nitrogens with two attached hydrogens (primary N) is 1. The molecule has 0 radical (unpaired) electrons. The van der Waals surface area contributed by atoms with Crippen molar-refractivity contribution in [3.63, 3.8) is 0 Å². The summed E-state index contributed by atoms with van der Waals surface area (Å²) in [5.41, 5.74) is 5.85. The largest absolute Gasteiger partial charge is 0.490 e. The zero-order chi connectivity index (χ0) is 14.4. The van der Waals surface area contributed by atoms with Gasteiger partial charge >= 0.3 is 6.61 Å². The minimum Gasteiger partial charge on any atom is -0.490 e. The molecule has 7 heteroatoms. The van der Waals surface area contributed by atoms with E-state index < -0.39 is 25.4 Å². The van der Waals surface area contributed by atoms with Crippen LogP contribution in [0.3, 0.4) is 0 Å². The highest BCUT2D eigenvalue weighted by Crippen LogP contribution is 2.32. The molecule has 2 unspecified atom stereocenters. The number of aliphatic hydroxyl groups is 2. The van der Waals surface area contributed by atoms with Crippen LogP contribution in [0.15, 0.2) is 18.2 Å². The molecule has 0 saturated heterocycles. The molecule has 0 saturated carbocycles. The van der Waals surface area contributed by atoms with E-state index in [0.717, 1.165) is 0 Å². The molecule has 5 nitrogen and oxygen atoms in total. The third-order valence-corrected chi connectivity index (χ3v) is 2.44. The molecule has 1 rings (SSSR count). The molecule has 1 aromatic carbocycles. The van der Waals surface area contributed by atoms with Crippen LogP contribution in [0, 0.1) is 0 Å². The third kappa shape index (κ3) is 4.30. The van der Waals surface area contributed by atoms with Crippen molar-refractivity contribution >= 4 is 0 Å². The Morgan fingerprint density at radius 3 is 2.53 bits per heavy atom. The maximum absolute atomic E-state index is 12.2. The number of alkyl halides is 2. The number of benzene rings is 1. The van der Waals surface area contributed by atoms with Gasteiger partial charge in [-0.2, -0.15) is 8.78 Å². The summed E-state index contributed by atoms with van der Waals surface area (Å²) in [4.78, 5) is 0. The molecule has 1 aromatic rings. The second kappa shape index (κ2) is 7.22. The van der Waals surface area contributed by atoms with E-state index in [1.165, 1.54) is 18.2 Å². The molecule has 0 aliphatic heterocycles. The van der Waals surface area contributed by atoms with Gasteiger partial charge in [-0.15, -0.1) is 0 Å². The SMILES string of the molecule is CCOc1cc(C(O)C(N)CO)ccc1OC(F)F. The first kappa shape index (κ1) is 15.6. The molecule has 108 valence electrons. The molecule has 0 fully saturated rings. The Morgan fingerprint density at radius 1 is 1.32 bits per heavy atom. The van der Waals surface area contributed by atoms with Gasteiger partial charge in [0.25, 0.3) is 0 Å². The van der Waals surface area contributed by atoms with Crippen LogP contribution >= 0.6 is 0 Å². The second-order valence-corrected chi connectivity index (χ2v) is 3.81. The Bertz CT molecular complexity index is 403. The Morgan fingerprint density at radius 2 is 2.00 bits per heavy atom. The number of hydrogen-bond acceptors (Lipinski definition) is 5. The van der Waals surface area contributed by atoms with Gasteiger partial charge in [0, 0.05) is 0 Å². The number of halogens is 2. The Balaban J connectivity index is 3.01. The first-order valence-electron chi connectivity index (χ1n) is 5.75. The van der Waals surface area contributed by atoms with Crippen molar-refractivity contribution in [2.45, 2.75) is 25.7 Å². The lowest BCUT2D eigenvalue weighted by Crippen LogP contribution is -2.31. The molecule has 0 amide bonds. The monoisotopic (exact) mass is 277 g/mol. The maximum atomic E-state index is 12.2. The summed E-state index contributed by atoms with van der Waals surface area (Å²) >= 11 is 0. The number of hydrogen-bond donors (Lipinski definition) is 3. The van der Waals surface area contributed by atoms with Crippen molar-refractivity contribution in [1.82, 2.24) is 0 Å². The van der Waals surface area contributed by atoms with Crippen LogP contribution in [0.2, 0.25) is 0 Å². The Labute approximate surface area is 109 Å². The van der Waals surface area contributed by atoms with Gasteiger partial charge in [-0.3, -0.25) is 0 Å². The summed E-state index contributed by atoms with van der Waals surface area (Å²) in [6.45, 7) is -1.42. The van der Waals surface area contributed by atoms with Crippen molar-refractivity contribution < 1.29 is 28.5 Å². The molecule has 0 spiro atoms. The van der Waals surface area contributed by atoms with E-state index >= 15 is 0 Å². The van der Waals surface area contributed by atoms with Crippen LogP contribution in [-0.4, -0.2) is 36.1 Å². The van der Waals surface area contributed by atoms with Gasteiger partial charge in [0.05, 0.1) is 25.4 Å². The van der Waals surface area contributed by atoms with Gasteiger partial charge in [-0.1, -0.05) is 6.07 Å². The van der Waals surface area contributed by atoms with Crippen molar-refractivity contribution in [3.05, 3.63) is 23.8 Å². The quantitative estimate of drug-likeness (QED) is 0.693. The van der Waals surface area contributed by atoms with E-state index in [1.807, 2.05) is 0 Å². The number of ether oxygens (including phenoxy) is 2. The fourth-order valence-electron chi connectivity index (χ4n) is 1.52. The summed E-state index contributed by atoms with van der Waals surface area (Å²) in [6.07, 6.45) is -1.12.